The first-order valence-corrected chi connectivity index (χ1v) is 11.9. The lowest BCUT2D eigenvalue weighted by atomic mass is 10.1. The zero-order valence-electron chi connectivity index (χ0n) is 17.0. The van der Waals surface area contributed by atoms with Gasteiger partial charge >= 0.3 is 6.18 Å². The number of benzene rings is 1. The van der Waals surface area contributed by atoms with Crippen LogP contribution in [0.3, 0.4) is 0 Å². The summed E-state index contributed by atoms with van der Waals surface area (Å²) in [6, 6.07) is 7.17. The molecule has 0 unspecified atom stereocenters. The van der Waals surface area contributed by atoms with E-state index < -0.39 is 21.8 Å². The Labute approximate surface area is 183 Å². The molecule has 2 heterocycles. The quantitative estimate of drug-likeness (QED) is 0.623. The summed E-state index contributed by atoms with van der Waals surface area (Å²) < 4.78 is 64.8. The van der Waals surface area contributed by atoms with Crippen LogP contribution in [0.4, 0.5) is 13.2 Å². The van der Waals surface area contributed by atoms with Crippen molar-refractivity contribution in [1.82, 2.24) is 14.2 Å². The van der Waals surface area contributed by atoms with Crippen LogP contribution in [0.25, 0.3) is 0 Å². The number of aryl methyl sites for hydroxylation is 2. The van der Waals surface area contributed by atoms with E-state index in [9.17, 15) is 26.4 Å². The Balaban J connectivity index is 1.54. The molecule has 1 aromatic carbocycles. The molecule has 1 fully saturated rings. The molecule has 1 aliphatic heterocycles. The summed E-state index contributed by atoms with van der Waals surface area (Å²) >= 11 is 1.05. The SMILES string of the molecule is Cc1ccc(S(=O)(=O)N2CCN(C(=O)CSc3ccc(C(F)(F)F)cn3)CC2)cc1C. The van der Waals surface area contributed by atoms with E-state index in [0.29, 0.717) is 5.03 Å². The van der Waals surface area contributed by atoms with E-state index in [1.165, 1.54) is 10.4 Å². The van der Waals surface area contributed by atoms with Crippen molar-refractivity contribution in [3.05, 3.63) is 53.2 Å². The number of pyridine rings is 1. The standard InChI is InChI=1S/C20H22F3N3O3S2/c1-14-3-5-17(11-15(14)2)31(28,29)26-9-7-25(8-10-26)19(27)13-30-18-6-4-16(12-24-18)20(21,22)23/h3-6,11-12H,7-10,13H2,1-2H3. The Kier molecular flexibility index (Phi) is 6.97. The first-order chi connectivity index (χ1) is 14.5. The smallest absolute Gasteiger partial charge is 0.339 e. The van der Waals surface area contributed by atoms with Crippen molar-refractivity contribution in [1.29, 1.82) is 0 Å². The molecule has 11 heteroatoms. The Morgan fingerprint density at radius 2 is 1.74 bits per heavy atom. The maximum absolute atomic E-state index is 12.9. The number of rotatable bonds is 5. The van der Waals surface area contributed by atoms with Crippen LogP contribution >= 0.6 is 11.8 Å². The van der Waals surface area contributed by atoms with Gasteiger partial charge in [-0.05, 0) is 49.2 Å². The highest BCUT2D eigenvalue weighted by Crippen LogP contribution is 2.29. The van der Waals surface area contributed by atoms with Crippen molar-refractivity contribution in [3.8, 4) is 0 Å². The molecule has 1 aromatic heterocycles. The molecule has 1 saturated heterocycles. The summed E-state index contributed by atoms with van der Waals surface area (Å²) in [4.78, 5) is 18.0. The van der Waals surface area contributed by atoms with Gasteiger partial charge in [-0.2, -0.15) is 17.5 Å². The van der Waals surface area contributed by atoms with Gasteiger partial charge in [0.2, 0.25) is 15.9 Å². The van der Waals surface area contributed by atoms with Crippen molar-refractivity contribution < 1.29 is 26.4 Å². The Hall–Kier alpha value is -2.11. The number of hydrogen-bond acceptors (Lipinski definition) is 5. The minimum absolute atomic E-state index is 0.0161. The van der Waals surface area contributed by atoms with Crippen molar-refractivity contribution in [3.63, 3.8) is 0 Å². The second-order valence-corrected chi connectivity index (χ2v) is 10.1. The van der Waals surface area contributed by atoms with E-state index in [0.717, 1.165) is 35.2 Å². The second kappa shape index (κ2) is 9.17. The number of carbonyl (C=O) groups is 1. The summed E-state index contributed by atoms with van der Waals surface area (Å²) in [5.74, 6) is -0.197. The maximum atomic E-state index is 12.9. The van der Waals surface area contributed by atoms with Crippen LogP contribution in [0.2, 0.25) is 0 Å². The van der Waals surface area contributed by atoms with E-state index in [4.69, 9.17) is 0 Å². The number of halogens is 3. The van der Waals surface area contributed by atoms with E-state index >= 15 is 0 Å². The molecule has 0 N–H and O–H groups in total. The number of carbonyl (C=O) groups excluding carboxylic acids is 1. The predicted molar refractivity (Wildman–Crippen MR) is 111 cm³/mol. The van der Waals surface area contributed by atoms with Gasteiger partial charge in [-0.25, -0.2) is 13.4 Å². The van der Waals surface area contributed by atoms with Crippen LogP contribution < -0.4 is 0 Å². The Morgan fingerprint density at radius 1 is 1.06 bits per heavy atom. The molecule has 2 aromatic rings. The monoisotopic (exact) mass is 473 g/mol. The third-order valence-electron chi connectivity index (χ3n) is 5.11. The number of thioether (sulfide) groups is 1. The van der Waals surface area contributed by atoms with Crippen LogP contribution in [0.1, 0.15) is 16.7 Å². The number of hydrogen-bond donors (Lipinski definition) is 0. The average molecular weight is 474 g/mol. The lowest BCUT2D eigenvalue weighted by Gasteiger charge is -2.34. The molecular weight excluding hydrogens is 451 g/mol. The van der Waals surface area contributed by atoms with Gasteiger partial charge in [-0.1, -0.05) is 17.8 Å². The molecule has 31 heavy (non-hydrogen) atoms. The Morgan fingerprint density at radius 3 is 2.29 bits per heavy atom. The van der Waals surface area contributed by atoms with Crippen LogP contribution in [-0.4, -0.2) is 60.4 Å². The van der Waals surface area contributed by atoms with Gasteiger partial charge in [-0.15, -0.1) is 0 Å². The largest absolute Gasteiger partial charge is 0.417 e. The Bertz CT molecular complexity index is 1050. The first-order valence-electron chi connectivity index (χ1n) is 9.50. The highest BCUT2D eigenvalue weighted by Gasteiger charge is 2.31. The molecule has 0 aliphatic carbocycles. The molecule has 0 spiro atoms. The minimum atomic E-state index is -4.46. The van der Waals surface area contributed by atoms with E-state index in [2.05, 4.69) is 4.98 Å². The molecule has 0 bridgehead atoms. The number of sulfonamides is 1. The van der Waals surface area contributed by atoms with Crippen LogP contribution in [0.15, 0.2) is 46.5 Å². The highest BCUT2D eigenvalue weighted by molar-refractivity contribution is 7.99. The fourth-order valence-corrected chi connectivity index (χ4v) is 5.31. The second-order valence-electron chi connectivity index (χ2n) is 7.20. The number of aromatic nitrogens is 1. The summed E-state index contributed by atoms with van der Waals surface area (Å²) in [5.41, 5.74) is 1.06. The van der Waals surface area contributed by atoms with Crippen LogP contribution in [-0.2, 0) is 21.0 Å². The van der Waals surface area contributed by atoms with Gasteiger partial charge in [0.1, 0.15) is 0 Å². The van der Waals surface area contributed by atoms with Crippen molar-refractivity contribution in [2.45, 2.75) is 29.9 Å². The van der Waals surface area contributed by atoms with Gasteiger partial charge in [0.15, 0.2) is 0 Å². The van der Waals surface area contributed by atoms with Crippen molar-refractivity contribution >= 4 is 27.7 Å². The van der Waals surface area contributed by atoms with Gasteiger partial charge in [0, 0.05) is 32.4 Å². The zero-order valence-corrected chi connectivity index (χ0v) is 18.6. The number of amides is 1. The maximum Gasteiger partial charge on any atom is 0.417 e. The molecule has 0 radical (unpaired) electrons. The summed E-state index contributed by atoms with van der Waals surface area (Å²) in [6.07, 6.45) is -3.72. The molecule has 0 saturated carbocycles. The molecule has 168 valence electrons. The van der Waals surface area contributed by atoms with Crippen LogP contribution in [0, 0.1) is 13.8 Å². The fourth-order valence-electron chi connectivity index (χ4n) is 3.06. The molecule has 1 amide bonds. The minimum Gasteiger partial charge on any atom is -0.339 e. The predicted octanol–water partition coefficient (Wildman–Crippen LogP) is 3.34. The lowest BCUT2D eigenvalue weighted by Crippen LogP contribution is -2.51. The highest BCUT2D eigenvalue weighted by atomic mass is 32.2. The first kappa shape index (κ1) is 23.6. The molecule has 0 atom stereocenters. The summed E-state index contributed by atoms with van der Waals surface area (Å²) in [7, 11) is -3.63. The topological polar surface area (TPSA) is 70.6 Å². The molecular formula is C20H22F3N3O3S2. The van der Waals surface area contributed by atoms with Crippen molar-refractivity contribution in [2.75, 3.05) is 31.9 Å². The third-order valence-corrected chi connectivity index (χ3v) is 7.94. The van der Waals surface area contributed by atoms with Gasteiger partial charge in [0.25, 0.3) is 0 Å². The van der Waals surface area contributed by atoms with Crippen molar-refractivity contribution in [2.24, 2.45) is 0 Å². The third kappa shape index (κ3) is 5.58. The van der Waals surface area contributed by atoms with E-state index in [1.807, 2.05) is 13.8 Å². The van der Waals surface area contributed by atoms with Gasteiger partial charge in [0.05, 0.1) is 21.2 Å². The molecule has 6 nitrogen and oxygen atoms in total. The van der Waals surface area contributed by atoms with E-state index in [-0.39, 0.29) is 42.7 Å². The average Bonchev–Trinajstić information content (AvgIpc) is 2.73. The summed E-state index contributed by atoms with van der Waals surface area (Å²) in [5, 5.41) is 0.317. The van der Waals surface area contributed by atoms with Gasteiger partial charge < -0.3 is 4.90 Å². The number of piperazine rings is 1. The lowest BCUT2D eigenvalue weighted by molar-refractivity contribution is -0.138. The number of nitrogens with zero attached hydrogens (tertiary/aromatic N) is 3. The molecule has 3 rings (SSSR count). The zero-order chi connectivity index (χ0) is 22.8. The van der Waals surface area contributed by atoms with Gasteiger partial charge in [-0.3, -0.25) is 4.79 Å². The summed E-state index contributed by atoms with van der Waals surface area (Å²) in [6.45, 7) is 4.64. The fraction of sp³-hybridized carbons (Fsp3) is 0.400. The number of alkyl halides is 3. The van der Waals surface area contributed by atoms with Crippen LogP contribution in [0.5, 0.6) is 0 Å². The normalized spacial score (nSPS) is 15.8. The van der Waals surface area contributed by atoms with E-state index in [1.54, 1.807) is 23.1 Å². The molecule has 1 aliphatic rings.